The van der Waals surface area contributed by atoms with E-state index < -0.39 is 5.97 Å². The fraction of sp³-hybridized carbons (Fsp3) is 0.0833. The van der Waals surface area contributed by atoms with Crippen LogP contribution in [0.15, 0.2) is 72.8 Å². The summed E-state index contributed by atoms with van der Waals surface area (Å²) in [7, 11) is 1.34. The molecule has 2 N–H and O–H groups in total. The number of H-pyrrole nitrogens is 2. The minimum absolute atomic E-state index is 0.173. The maximum absolute atomic E-state index is 12.0. The number of tetrazole rings is 2. The van der Waals surface area contributed by atoms with Gasteiger partial charge in [-0.15, -0.1) is 20.4 Å². The van der Waals surface area contributed by atoms with Crippen LogP contribution in [0.25, 0.3) is 22.8 Å². The third-order valence-corrected chi connectivity index (χ3v) is 5.13. The van der Waals surface area contributed by atoms with Gasteiger partial charge >= 0.3 is 11.9 Å². The first kappa shape index (κ1) is 25.1. The van der Waals surface area contributed by atoms with Gasteiger partial charge in [-0.2, -0.15) is 10.4 Å². The van der Waals surface area contributed by atoms with Crippen LogP contribution in [0.1, 0.15) is 26.3 Å². The van der Waals surface area contributed by atoms with Gasteiger partial charge < -0.3 is 9.47 Å². The van der Waals surface area contributed by atoms with Crippen LogP contribution < -0.4 is 0 Å². The van der Waals surface area contributed by atoms with E-state index in [2.05, 4.69) is 46.0 Å². The SMILES string of the molecule is COC(=O)c1ccc(-c2nn[nH]n2)cc1.O=C(OCc1cccc(Cl)c1)c1ccc(-c2nn[nH]n2)cc1. The minimum atomic E-state index is -0.403. The van der Waals surface area contributed by atoms with Crippen LogP contribution in [0.5, 0.6) is 0 Å². The molecule has 0 aliphatic heterocycles. The number of nitrogens with zero attached hydrogens (tertiary/aromatic N) is 6. The highest BCUT2D eigenvalue weighted by molar-refractivity contribution is 6.30. The molecule has 13 heteroatoms. The molecule has 186 valence electrons. The first-order valence-electron chi connectivity index (χ1n) is 10.7. The van der Waals surface area contributed by atoms with Gasteiger partial charge in [-0.3, -0.25) is 0 Å². The highest BCUT2D eigenvalue weighted by Gasteiger charge is 2.10. The molecule has 0 spiro atoms. The zero-order chi connectivity index (χ0) is 26.0. The van der Waals surface area contributed by atoms with Gasteiger partial charge in [0, 0.05) is 16.1 Å². The Morgan fingerprint density at radius 1 is 0.784 bits per heavy atom. The summed E-state index contributed by atoms with van der Waals surface area (Å²) in [6, 6.07) is 20.7. The van der Waals surface area contributed by atoms with Crippen molar-refractivity contribution in [2.75, 3.05) is 7.11 Å². The van der Waals surface area contributed by atoms with E-state index in [-0.39, 0.29) is 12.6 Å². The number of carbonyl (C=O) groups excluding carboxylic acids is 2. The number of ether oxygens (including phenoxy) is 2. The molecule has 0 amide bonds. The Hall–Kier alpha value is -4.97. The number of aromatic nitrogens is 8. The molecule has 0 bridgehead atoms. The number of carbonyl (C=O) groups is 2. The standard InChI is InChI=1S/C15H11ClN4O2.C9H8N4O2/c16-13-3-1-2-10(8-13)9-22-15(21)12-6-4-11(5-7-12)14-17-19-20-18-14;1-15-9(14)7-4-2-6(3-5-7)8-10-12-13-11-8/h1-8H,9H2,(H,17,18,19,20);2-5H,1H3,(H,10,11,12,13). The minimum Gasteiger partial charge on any atom is -0.465 e. The second-order valence-electron chi connectivity index (χ2n) is 7.32. The first-order chi connectivity index (χ1) is 18.0. The molecule has 2 aromatic heterocycles. The van der Waals surface area contributed by atoms with Crippen LogP contribution in [-0.4, -0.2) is 60.3 Å². The van der Waals surface area contributed by atoms with Crippen molar-refractivity contribution in [2.24, 2.45) is 0 Å². The third-order valence-electron chi connectivity index (χ3n) is 4.89. The Morgan fingerprint density at radius 3 is 1.78 bits per heavy atom. The molecule has 0 unspecified atom stereocenters. The van der Waals surface area contributed by atoms with Crippen LogP contribution in [0.2, 0.25) is 5.02 Å². The Kier molecular flexibility index (Phi) is 8.24. The Bertz CT molecular complexity index is 1440. The zero-order valence-electron chi connectivity index (χ0n) is 19.3. The molecule has 2 heterocycles. The largest absolute Gasteiger partial charge is 0.465 e. The van der Waals surface area contributed by atoms with Crippen molar-refractivity contribution in [1.29, 1.82) is 0 Å². The van der Waals surface area contributed by atoms with Crippen LogP contribution in [0.4, 0.5) is 0 Å². The maximum atomic E-state index is 12.0. The van der Waals surface area contributed by atoms with Gasteiger partial charge in [0.25, 0.3) is 0 Å². The molecule has 0 aliphatic carbocycles. The van der Waals surface area contributed by atoms with Gasteiger partial charge in [-0.05, 0) is 52.4 Å². The van der Waals surface area contributed by atoms with E-state index in [4.69, 9.17) is 16.3 Å². The number of esters is 2. The van der Waals surface area contributed by atoms with Crippen molar-refractivity contribution in [3.05, 3.63) is 94.5 Å². The van der Waals surface area contributed by atoms with E-state index in [1.165, 1.54) is 7.11 Å². The van der Waals surface area contributed by atoms with Crippen LogP contribution in [0, 0.1) is 0 Å². The number of halogens is 1. The van der Waals surface area contributed by atoms with Gasteiger partial charge in [0.05, 0.1) is 18.2 Å². The summed E-state index contributed by atoms with van der Waals surface area (Å²) in [6.45, 7) is 0.173. The zero-order valence-corrected chi connectivity index (χ0v) is 20.1. The Labute approximate surface area is 215 Å². The third kappa shape index (κ3) is 6.80. The van der Waals surface area contributed by atoms with E-state index in [1.54, 1.807) is 60.7 Å². The summed E-state index contributed by atoms with van der Waals surface area (Å²) in [6.07, 6.45) is 0. The quantitative estimate of drug-likeness (QED) is 0.318. The lowest BCUT2D eigenvalue weighted by molar-refractivity contribution is 0.0472. The lowest BCUT2D eigenvalue weighted by Crippen LogP contribution is -2.05. The number of benzene rings is 3. The predicted molar refractivity (Wildman–Crippen MR) is 131 cm³/mol. The molecule has 0 fully saturated rings. The highest BCUT2D eigenvalue weighted by Crippen LogP contribution is 2.16. The lowest BCUT2D eigenvalue weighted by atomic mass is 10.1. The molecule has 5 aromatic rings. The molecular weight excluding hydrogens is 500 g/mol. The molecule has 37 heavy (non-hydrogen) atoms. The average molecular weight is 519 g/mol. The normalized spacial score (nSPS) is 10.2. The number of hydrogen-bond donors (Lipinski definition) is 2. The highest BCUT2D eigenvalue weighted by atomic mass is 35.5. The molecule has 0 saturated carbocycles. The summed E-state index contributed by atoms with van der Waals surface area (Å²) in [5.41, 5.74) is 3.33. The summed E-state index contributed by atoms with van der Waals surface area (Å²) in [5.74, 6) is 0.194. The molecule has 5 rings (SSSR count). The first-order valence-corrected chi connectivity index (χ1v) is 11.1. The average Bonchev–Trinajstić information content (AvgIpc) is 3.67. The van der Waals surface area contributed by atoms with Crippen molar-refractivity contribution >= 4 is 23.5 Å². The molecular formula is C24H19ClN8O4. The Morgan fingerprint density at radius 2 is 1.32 bits per heavy atom. The van der Waals surface area contributed by atoms with Gasteiger partial charge in [-0.25, -0.2) is 9.59 Å². The number of rotatable bonds is 6. The smallest absolute Gasteiger partial charge is 0.338 e. The molecule has 0 radical (unpaired) electrons. The predicted octanol–water partition coefficient (Wildman–Crippen LogP) is 3.53. The van der Waals surface area contributed by atoms with Crippen LogP contribution >= 0.6 is 11.6 Å². The topological polar surface area (TPSA) is 162 Å². The van der Waals surface area contributed by atoms with Gasteiger partial charge in [-0.1, -0.05) is 48.0 Å². The van der Waals surface area contributed by atoms with Crippen molar-refractivity contribution in [1.82, 2.24) is 41.2 Å². The number of aromatic amines is 2. The van der Waals surface area contributed by atoms with Crippen molar-refractivity contribution in [3.63, 3.8) is 0 Å². The summed E-state index contributed by atoms with van der Waals surface area (Å²) < 4.78 is 9.83. The molecule has 0 atom stereocenters. The fourth-order valence-corrected chi connectivity index (χ4v) is 3.27. The fourth-order valence-electron chi connectivity index (χ4n) is 3.06. The number of hydrogen-bond acceptors (Lipinski definition) is 10. The van der Waals surface area contributed by atoms with Crippen LogP contribution in [-0.2, 0) is 16.1 Å². The van der Waals surface area contributed by atoms with Gasteiger partial charge in [0.2, 0.25) is 11.6 Å². The summed E-state index contributed by atoms with van der Waals surface area (Å²) in [4.78, 5) is 23.1. The monoisotopic (exact) mass is 518 g/mol. The van der Waals surface area contributed by atoms with E-state index in [0.29, 0.717) is 27.8 Å². The second kappa shape index (κ2) is 12.1. The summed E-state index contributed by atoms with van der Waals surface area (Å²) >= 11 is 5.88. The molecule has 3 aromatic carbocycles. The van der Waals surface area contributed by atoms with Crippen molar-refractivity contribution in [3.8, 4) is 22.8 Å². The lowest BCUT2D eigenvalue weighted by Gasteiger charge is -2.05. The molecule has 0 saturated heterocycles. The number of methoxy groups -OCH3 is 1. The van der Waals surface area contributed by atoms with E-state index in [1.807, 2.05) is 12.1 Å². The van der Waals surface area contributed by atoms with Crippen LogP contribution in [0.3, 0.4) is 0 Å². The summed E-state index contributed by atoms with van der Waals surface area (Å²) in [5, 5.41) is 27.6. The molecule has 0 aliphatic rings. The second-order valence-corrected chi connectivity index (χ2v) is 7.76. The van der Waals surface area contributed by atoms with Crippen molar-refractivity contribution < 1.29 is 19.1 Å². The van der Waals surface area contributed by atoms with Crippen molar-refractivity contribution in [2.45, 2.75) is 6.61 Å². The van der Waals surface area contributed by atoms with E-state index >= 15 is 0 Å². The number of nitrogens with one attached hydrogen (secondary N) is 2. The Balaban J connectivity index is 0.000000186. The molecule has 12 nitrogen and oxygen atoms in total. The maximum Gasteiger partial charge on any atom is 0.338 e. The van der Waals surface area contributed by atoms with Gasteiger partial charge in [0.1, 0.15) is 6.61 Å². The van der Waals surface area contributed by atoms with E-state index in [0.717, 1.165) is 16.7 Å². The van der Waals surface area contributed by atoms with Gasteiger partial charge in [0.15, 0.2) is 0 Å². The van der Waals surface area contributed by atoms with E-state index in [9.17, 15) is 9.59 Å².